The van der Waals surface area contributed by atoms with Crippen molar-refractivity contribution in [3.63, 3.8) is 0 Å². The first-order chi connectivity index (χ1) is 9.92. The molecule has 1 aromatic heterocycles. The van der Waals surface area contributed by atoms with Crippen molar-refractivity contribution in [3.05, 3.63) is 90.3 Å². The minimum Gasteiger partial charge on any atom is -0.410 e. The molecule has 0 saturated heterocycles. The first kappa shape index (κ1) is 13.5. The van der Waals surface area contributed by atoms with Crippen molar-refractivity contribution >= 4 is 5.71 Å². The van der Waals surface area contributed by atoms with E-state index in [1.807, 2.05) is 66.7 Å². The normalized spacial score (nSPS) is 9.20. The second-order valence-electron chi connectivity index (χ2n) is 3.95. The lowest BCUT2D eigenvalue weighted by Gasteiger charge is -2.03. The van der Waals surface area contributed by atoms with Gasteiger partial charge in [0.15, 0.2) is 0 Å². The summed E-state index contributed by atoms with van der Waals surface area (Å²) in [6.45, 7) is 0. The highest BCUT2D eigenvalue weighted by Gasteiger charge is 2.05. The van der Waals surface area contributed by atoms with Gasteiger partial charge in [0.05, 0.1) is 0 Å². The van der Waals surface area contributed by atoms with Gasteiger partial charge in [-0.05, 0) is 6.07 Å². The third-order valence-corrected chi connectivity index (χ3v) is 2.60. The maximum atomic E-state index is 9.02. The van der Waals surface area contributed by atoms with E-state index in [1.165, 1.54) is 0 Å². The Morgan fingerprint density at radius 3 is 1.70 bits per heavy atom. The number of aromatic amines is 1. The number of benzene rings is 2. The lowest BCUT2D eigenvalue weighted by Crippen LogP contribution is -2.02. The molecule has 2 N–H and O–H groups in total. The zero-order chi connectivity index (χ0) is 14.0. The summed E-state index contributed by atoms with van der Waals surface area (Å²) in [4.78, 5) is 0. The van der Waals surface area contributed by atoms with Crippen LogP contribution in [0, 0.1) is 0 Å². The van der Waals surface area contributed by atoms with Gasteiger partial charge in [0.25, 0.3) is 0 Å². The molecule has 0 amide bonds. The van der Waals surface area contributed by atoms with Crippen molar-refractivity contribution in [2.75, 3.05) is 0 Å². The molecular weight excluding hydrogens is 250 g/mol. The van der Waals surface area contributed by atoms with Gasteiger partial charge in [-0.15, -0.1) is 0 Å². The Bertz CT molecular complexity index is 561. The summed E-state index contributed by atoms with van der Waals surface area (Å²) in [6.07, 6.45) is 3.46. The van der Waals surface area contributed by atoms with Gasteiger partial charge in [-0.1, -0.05) is 65.8 Å². The Morgan fingerprint density at radius 1 is 0.850 bits per heavy atom. The molecule has 0 aliphatic rings. The van der Waals surface area contributed by atoms with Gasteiger partial charge in [-0.25, -0.2) is 0 Å². The Morgan fingerprint density at radius 2 is 1.40 bits per heavy atom. The number of hydrogen-bond acceptors (Lipinski definition) is 3. The van der Waals surface area contributed by atoms with Crippen LogP contribution in [0.5, 0.6) is 0 Å². The van der Waals surface area contributed by atoms with E-state index in [0.717, 1.165) is 11.1 Å². The molecule has 3 aromatic rings. The molecule has 0 aliphatic heterocycles. The van der Waals surface area contributed by atoms with Crippen molar-refractivity contribution < 1.29 is 5.21 Å². The predicted molar refractivity (Wildman–Crippen MR) is 78.9 cm³/mol. The number of hydrogen-bond donors (Lipinski definition) is 2. The molecule has 1 heterocycles. The van der Waals surface area contributed by atoms with Crippen molar-refractivity contribution in [2.45, 2.75) is 0 Å². The SMILES string of the molecule is ON=C(c1ccccc1)c1ccccc1.c1cn[nH]c1. The Hall–Kier alpha value is -2.88. The summed E-state index contributed by atoms with van der Waals surface area (Å²) >= 11 is 0. The highest BCUT2D eigenvalue weighted by molar-refractivity contribution is 6.12. The van der Waals surface area contributed by atoms with E-state index in [4.69, 9.17) is 5.21 Å². The standard InChI is InChI=1S/C13H11NO.C3H4N2/c15-14-13(11-7-3-1-4-8-11)12-9-5-2-6-10-12;1-2-4-5-3-1/h1-10,15H;1-3H,(H,4,5). The molecule has 20 heavy (non-hydrogen) atoms. The maximum Gasteiger partial charge on any atom is 0.117 e. The number of oxime groups is 1. The van der Waals surface area contributed by atoms with E-state index in [1.54, 1.807) is 12.4 Å². The van der Waals surface area contributed by atoms with Gasteiger partial charge in [0.2, 0.25) is 0 Å². The number of aromatic nitrogens is 2. The summed E-state index contributed by atoms with van der Waals surface area (Å²) in [5.41, 5.74) is 2.41. The summed E-state index contributed by atoms with van der Waals surface area (Å²) in [6, 6.07) is 21.1. The third kappa shape index (κ3) is 3.81. The minimum absolute atomic E-state index is 0.594. The van der Waals surface area contributed by atoms with Crippen LogP contribution in [-0.2, 0) is 0 Å². The van der Waals surface area contributed by atoms with Gasteiger partial charge in [-0.3, -0.25) is 5.10 Å². The fraction of sp³-hybridized carbons (Fsp3) is 0. The third-order valence-electron chi connectivity index (χ3n) is 2.60. The summed E-state index contributed by atoms with van der Waals surface area (Å²) in [5.74, 6) is 0. The number of nitrogens with zero attached hydrogens (tertiary/aromatic N) is 2. The second kappa shape index (κ2) is 7.53. The summed E-state index contributed by atoms with van der Waals surface area (Å²) in [5, 5.41) is 18.6. The van der Waals surface area contributed by atoms with E-state index < -0.39 is 0 Å². The van der Waals surface area contributed by atoms with Gasteiger partial charge in [-0.2, -0.15) is 5.10 Å². The van der Waals surface area contributed by atoms with Crippen LogP contribution in [0.4, 0.5) is 0 Å². The molecule has 0 atom stereocenters. The van der Waals surface area contributed by atoms with Crippen molar-refractivity contribution in [3.8, 4) is 0 Å². The van der Waals surface area contributed by atoms with Crippen molar-refractivity contribution in [2.24, 2.45) is 5.16 Å². The van der Waals surface area contributed by atoms with E-state index >= 15 is 0 Å². The number of nitrogens with one attached hydrogen (secondary N) is 1. The lowest BCUT2D eigenvalue weighted by molar-refractivity contribution is 0.319. The van der Waals surface area contributed by atoms with E-state index in [0.29, 0.717) is 5.71 Å². The molecule has 0 fully saturated rings. The number of H-pyrrole nitrogens is 1. The quantitative estimate of drug-likeness (QED) is 0.424. The Kier molecular flexibility index (Phi) is 5.10. The summed E-state index contributed by atoms with van der Waals surface area (Å²) < 4.78 is 0. The zero-order valence-corrected chi connectivity index (χ0v) is 10.8. The van der Waals surface area contributed by atoms with E-state index in [2.05, 4.69) is 15.4 Å². The zero-order valence-electron chi connectivity index (χ0n) is 10.8. The lowest BCUT2D eigenvalue weighted by atomic mass is 10.0. The molecule has 0 aliphatic carbocycles. The van der Waals surface area contributed by atoms with Crippen LogP contribution < -0.4 is 0 Å². The van der Waals surface area contributed by atoms with Gasteiger partial charge < -0.3 is 5.21 Å². The minimum atomic E-state index is 0.594. The molecule has 0 saturated carbocycles. The molecular formula is C16H15N3O. The van der Waals surface area contributed by atoms with Gasteiger partial charge >= 0.3 is 0 Å². The summed E-state index contributed by atoms with van der Waals surface area (Å²) in [7, 11) is 0. The number of rotatable bonds is 2. The van der Waals surface area contributed by atoms with Gasteiger partial charge in [0, 0.05) is 23.5 Å². The average molecular weight is 265 g/mol. The molecule has 0 radical (unpaired) electrons. The first-order valence-corrected chi connectivity index (χ1v) is 6.18. The Balaban J connectivity index is 0.000000247. The largest absolute Gasteiger partial charge is 0.410 e. The smallest absolute Gasteiger partial charge is 0.117 e. The van der Waals surface area contributed by atoms with Crippen LogP contribution in [0.25, 0.3) is 0 Å². The molecule has 4 nitrogen and oxygen atoms in total. The van der Waals surface area contributed by atoms with Gasteiger partial charge in [0.1, 0.15) is 5.71 Å². The van der Waals surface area contributed by atoms with Crippen molar-refractivity contribution in [1.29, 1.82) is 0 Å². The van der Waals surface area contributed by atoms with Crippen LogP contribution >= 0.6 is 0 Å². The highest BCUT2D eigenvalue weighted by atomic mass is 16.4. The topological polar surface area (TPSA) is 61.3 Å². The fourth-order valence-corrected chi connectivity index (χ4v) is 1.69. The van der Waals surface area contributed by atoms with Crippen LogP contribution in [-0.4, -0.2) is 21.1 Å². The molecule has 100 valence electrons. The average Bonchev–Trinajstić information content (AvgIpc) is 3.10. The predicted octanol–water partition coefficient (Wildman–Crippen LogP) is 3.32. The molecule has 0 spiro atoms. The van der Waals surface area contributed by atoms with Crippen LogP contribution in [0.1, 0.15) is 11.1 Å². The van der Waals surface area contributed by atoms with Crippen LogP contribution in [0.3, 0.4) is 0 Å². The molecule has 0 bridgehead atoms. The monoisotopic (exact) mass is 265 g/mol. The highest BCUT2D eigenvalue weighted by Crippen LogP contribution is 2.09. The van der Waals surface area contributed by atoms with E-state index in [-0.39, 0.29) is 0 Å². The first-order valence-electron chi connectivity index (χ1n) is 6.18. The molecule has 0 unspecified atom stereocenters. The maximum absolute atomic E-state index is 9.02. The van der Waals surface area contributed by atoms with Crippen LogP contribution in [0.2, 0.25) is 0 Å². The Labute approximate surface area is 117 Å². The van der Waals surface area contributed by atoms with Crippen LogP contribution in [0.15, 0.2) is 84.3 Å². The fourth-order valence-electron chi connectivity index (χ4n) is 1.69. The molecule has 4 heteroatoms. The molecule has 2 aromatic carbocycles. The van der Waals surface area contributed by atoms with Crippen molar-refractivity contribution in [1.82, 2.24) is 10.2 Å². The second-order valence-corrected chi connectivity index (χ2v) is 3.95. The van der Waals surface area contributed by atoms with E-state index in [9.17, 15) is 0 Å². The molecule has 3 rings (SSSR count).